The molecule has 7 heteroatoms. The summed E-state index contributed by atoms with van der Waals surface area (Å²) in [5, 5.41) is 8.02. The van der Waals surface area contributed by atoms with Crippen LogP contribution in [0.15, 0.2) is 71.1 Å². The highest BCUT2D eigenvalue weighted by Gasteiger charge is 2.17. The zero-order valence-corrected chi connectivity index (χ0v) is 21.2. The SMILES string of the molecule is COc1cc2ccccc2cc1C(=O)NC(=S)Nc1cc(-c2nc3cc(C)cc(C)c3o2)ccc1C. The average molecular weight is 496 g/mol. The molecular formula is C29H25N3O3S. The van der Waals surface area contributed by atoms with E-state index in [0.29, 0.717) is 17.2 Å². The Kier molecular flexibility index (Phi) is 6.16. The average Bonchev–Trinajstić information content (AvgIpc) is 3.29. The molecule has 0 atom stereocenters. The molecule has 180 valence electrons. The molecule has 5 rings (SSSR count). The molecule has 0 aliphatic rings. The molecule has 6 nitrogen and oxygen atoms in total. The van der Waals surface area contributed by atoms with Gasteiger partial charge in [0.05, 0.1) is 12.7 Å². The third-order valence-electron chi connectivity index (χ3n) is 6.09. The predicted octanol–water partition coefficient (Wildman–Crippen LogP) is 6.71. The lowest BCUT2D eigenvalue weighted by Crippen LogP contribution is -2.34. The van der Waals surface area contributed by atoms with E-state index in [0.717, 1.165) is 49.8 Å². The highest BCUT2D eigenvalue weighted by Crippen LogP contribution is 2.30. The fraction of sp³-hybridized carbons (Fsp3) is 0.138. The van der Waals surface area contributed by atoms with Gasteiger partial charge < -0.3 is 14.5 Å². The summed E-state index contributed by atoms with van der Waals surface area (Å²) in [4.78, 5) is 17.7. The number of oxazole rings is 1. The zero-order chi connectivity index (χ0) is 25.4. The number of aryl methyl sites for hydroxylation is 3. The quantitative estimate of drug-likeness (QED) is 0.270. The molecule has 0 radical (unpaired) electrons. The number of hydrogen-bond acceptors (Lipinski definition) is 5. The molecule has 5 aromatic rings. The van der Waals surface area contributed by atoms with E-state index in [9.17, 15) is 4.79 Å². The molecular weight excluding hydrogens is 470 g/mol. The standard InChI is InChI=1S/C29H25N3O3S/c1-16-11-18(3)26-24(12-16)30-28(35-26)21-10-9-17(2)23(14-21)31-29(36)32-27(33)22-13-19-7-5-6-8-20(19)15-25(22)34-4/h5-15H,1-4H3,(H2,31,32,33,36). The lowest BCUT2D eigenvalue weighted by Gasteiger charge is -2.14. The highest BCUT2D eigenvalue weighted by molar-refractivity contribution is 7.80. The van der Waals surface area contributed by atoms with Gasteiger partial charge in [-0.3, -0.25) is 10.1 Å². The second-order valence-corrected chi connectivity index (χ2v) is 9.19. The van der Waals surface area contributed by atoms with Crippen molar-refractivity contribution in [2.75, 3.05) is 12.4 Å². The van der Waals surface area contributed by atoms with Gasteiger partial charge in [-0.25, -0.2) is 4.98 Å². The molecule has 0 bridgehead atoms. The summed E-state index contributed by atoms with van der Waals surface area (Å²) in [6.07, 6.45) is 0. The van der Waals surface area contributed by atoms with Gasteiger partial charge in [-0.15, -0.1) is 0 Å². The minimum absolute atomic E-state index is 0.180. The second kappa shape index (κ2) is 9.43. The van der Waals surface area contributed by atoms with E-state index in [1.807, 2.05) is 75.4 Å². The number of anilines is 1. The van der Waals surface area contributed by atoms with Gasteiger partial charge in [-0.1, -0.05) is 36.4 Å². The van der Waals surface area contributed by atoms with Crippen LogP contribution < -0.4 is 15.4 Å². The topological polar surface area (TPSA) is 76.4 Å². The molecule has 1 aromatic heterocycles. The maximum absolute atomic E-state index is 13.1. The van der Waals surface area contributed by atoms with Crippen molar-refractivity contribution >= 4 is 50.8 Å². The van der Waals surface area contributed by atoms with E-state index in [4.69, 9.17) is 21.4 Å². The summed E-state index contributed by atoms with van der Waals surface area (Å²) in [5.41, 5.74) is 6.70. The first kappa shape index (κ1) is 23.5. The number of hydrogen-bond donors (Lipinski definition) is 2. The molecule has 0 aliphatic heterocycles. The number of carbonyl (C=O) groups excluding carboxylic acids is 1. The number of nitrogens with zero attached hydrogens (tertiary/aromatic N) is 1. The van der Waals surface area contributed by atoms with Gasteiger partial charge in [0, 0.05) is 11.3 Å². The van der Waals surface area contributed by atoms with Crippen LogP contribution in [-0.4, -0.2) is 23.1 Å². The number of rotatable bonds is 4. The predicted molar refractivity (Wildman–Crippen MR) is 148 cm³/mol. The summed E-state index contributed by atoms with van der Waals surface area (Å²) in [7, 11) is 1.54. The first-order chi connectivity index (χ1) is 17.3. The maximum atomic E-state index is 13.1. The zero-order valence-electron chi connectivity index (χ0n) is 20.4. The summed E-state index contributed by atoms with van der Waals surface area (Å²) in [6, 6.07) is 21.4. The van der Waals surface area contributed by atoms with Crippen LogP contribution in [0.2, 0.25) is 0 Å². The van der Waals surface area contributed by atoms with E-state index in [-0.39, 0.29) is 11.0 Å². The third kappa shape index (κ3) is 4.53. The molecule has 36 heavy (non-hydrogen) atoms. The van der Waals surface area contributed by atoms with Crippen LogP contribution >= 0.6 is 12.2 Å². The summed E-state index contributed by atoms with van der Waals surface area (Å²) in [6.45, 7) is 6.01. The number of benzene rings is 4. The minimum atomic E-state index is -0.353. The Morgan fingerprint density at radius 1 is 0.944 bits per heavy atom. The van der Waals surface area contributed by atoms with Crippen LogP contribution in [0.25, 0.3) is 33.3 Å². The maximum Gasteiger partial charge on any atom is 0.261 e. The van der Waals surface area contributed by atoms with Gasteiger partial charge in [0.25, 0.3) is 5.91 Å². The van der Waals surface area contributed by atoms with Crippen molar-refractivity contribution in [1.29, 1.82) is 0 Å². The van der Waals surface area contributed by atoms with Crippen LogP contribution in [-0.2, 0) is 0 Å². The van der Waals surface area contributed by atoms with E-state index in [1.165, 1.54) is 0 Å². The fourth-order valence-electron chi connectivity index (χ4n) is 4.28. The van der Waals surface area contributed by atoms with Crippen LogP contribution in [0.4, 0.5) is 5.69 Å². The van der Waals surface area contributed by atoms with Crippen LogP contribution in [0.5, 0.6) is 5.75 Å². The van der Waals surface area contributed by atoms with Gasteiger partial charge in [0.15, 0.2) is 10.7 Å². The largest absolute Gasteiger partial charge is 0.496 e. The monoisotopic (exact) mass is 495 g/mol. The fourth-order valence-corrected chi connectivity index (χ4v) is 4.48. The van der Waals surface area contributed by atoms with Gasteiger partial charge >= 0.3 is 0 Å². The Hall–Kier alpha value is -4.23. The Morgan fingerprint density at radius 2 is 1.69 bits per heavy atom. The van der Waals surface area contributed by atoms with Crippen LogP contribution in [0, 0.1) is 20.8 Å². The van der Waals surface area contributed by atoms with Crippen molar-refractivity contribution in [3.8, 4) is 17.2 Å². The molecule has 0 spiro atoms. The number of fused-ring (bicyclic) bond motifs is 2. The van der Waals surface area contributed by atoms with E-state index < -0.39 is 0 Å². The lowest BCUT2D eigenvalue weighted by molar-refractivity contribution is 0.0975. The molecule has 0 unspecified atom stereocenters. The number of carbonyl (C=O) groups is 1. The molecule has 1 amide bonds. The summed E-state index contributed by atoms with van der Waals surface area (Å²) >= 11 is 5.47. The number of ether oxygens (including phenoxy) is 1. The van der Waals surface area contributed by atoms with Gasteiger partial charge in [-0.05, 0) is 90.8 Å². The molecule has 2 N–H and O–H groups in total. The summed E-state index contributed by atoms with van der Waals surface area (Å²) < 4.78 is 11.5. The highest BCUT2D eigenvalue weighted by atomic mass is 32.1. The molecule has 0 fully saturated rings. The number of aromatic nitrogens is 1. The third-order valence-corrected chi connectivity index (χ3v) is 6.30. The van der Waals surface area contributed by atoms with Crippen LogP contribution in [0.3, 0.4) is 0 Å². The Morgan fingerprint density at radius 3 is 2.44 bits per heavy atom. The second-order valence-electron chi connectivity index (χ2n) is 8.79. The Bertz CT molecular complexity index is 1660. The van der Waals surface area contributed by atoms with Crippen LogP contribution in [0.1, 0.15) is 27.0 Å². The molecule has 4 aromatic carbocycles. The molecule has 0 aliphatic carbocycles. The minimum Gasteiger partial charge on any atom is -0.496 e. The van der Waals surface area contributed by atoms with Gasteiger partial charge in [0.2, 0.25) is 5.89 Å². The van der Waals surface area contributed by atoms with Gasteiger partial charge in [0.1, 0.15) is 11.3 Å². The van der Waals surface area contributed by atoms with E-state index >= 15 is 0 Å². The number of nitrogens with one attached hydrogen (secondary N) is 2. The van der Waals surface area contributed by atoms with Crippen molar-refractivity contribution in [3.63, 3.8) is 0 Å². The first-order valence-corrected chi connectivity index (χ1v) is 11.9. The number of amides is 1. The molecule has 0 saturated carbocycles. The van der Waals surface area contributed by atoms with Crippen molar-refractivity contribution in [2.24, 2.45) is 0 Å². The van der Waals surface area contributed by atoms with E-state index in [1.54, 1.807) is 13.2 Å². The normalized spacial score (nSPS) is 11.0. The summed E-state index contributed by atoms with van der Waals surface area (Å²) in [5.74, 6) is 0.653. The van der Waals surface area contributed by atoms with Gasteiger partial charge in [-0.2, -0.15) is 0 Å². The Balaban J connectivity index is 1.38. The number of thiocarbonyl (C=S) groups is 1. The molecule has 1 heterocycles. The number of methoxy groups -OCH3 is 1. The van der Waals surface area contributed by atoms with E-state index in [2.05, 4.69) is 21.7 Å². The first-order valence-electron chi connectivity index (χ1n) is 11.5. The lowest BCUT2D eigenvalue weighted by atomic mass is 10.1. The Labute approximate surface area is 214 Å². The van der Waals surface area contributed by atoms with Crippen molar-refractivity contribution < 1.29 is 13.9 Å². The van der Waals surface area contributed by atoms with Crippen molar-refractivity contribution in [1.82, 2.24) is 10.3 Å². The molecule has 0 saturated heterocycles. The smallest absolute Gasteiger partial charge is 0.261 e. The van der Waals surface area contributed by atoms with Crippen molar-refractivity contribution in [3.05, 3.63) is 89.0 Å². The van der Waals surface area contributed by atoms with Crippen molar-refractivity contribution in [2.45, 2.75) is 20.8 Å².